The van der Waals surface area contributed by atoms with Crippen molar-refractivity contribution in [3.05, 3.63) is 47.9 Å². The van der Waals surface area contributed by atoms with E-state index in [0.29, 0.717) is 5.69 Å². The summed E-state index contributed by atoms with van der Waals surface area (Å²) in [5.41, 5.74) is 1.40. The van der Waals surface area contributed by atoms with Gasteiger partial charge in [0.1, 0.15) is 5.82 Å². The van der Waals surface area contributed by atoms with Crippen molar-refractivity contribution in [1.29, 1.82) is 0 Å². The minimum atomic E-state index is -0.220. The number of hydrogen-bond donors (Lipinski definition) is 0. The molecular formula is C20H26FN5O. The molecule has 1 fully saturated rings. The number of carbonyl (C=O) groups is 1. The highest BCUT2D eigenvalue weighted by Gasteiger charge is 2.20. The lowest BCUT2D eigenvalue weighted by atomic mass is 10.2. The van der Waals surface area contributed by atoms with E-state index in [1.54, 1.807) is 30.1 Å². The van der Waals surface area contributed by atoms with E-state index >= 15 is 0 Å². The molecule has 7 heteroatoms. The molecule has 2 aromatic rings. The lowest BCUT2D eigenvalue weighted by Gasteiger charge is -2.36. The van der Waals surface area contributed by atoms with E-state index in [1.165, 1.54) is 12.1 Å². The van der Waals surface area contributed by atoms with Gasteiger partial charge < -0.3 is 14.7 Å². The van der Waals surface area contributed by atoms with Crippen molar-refractivity contribution in [2.24, 2.45) is 0 Å². The molecule has 1 aliphatic rings. The normalized spacial score (nSPS) is 14.3. The average molecular weight is 371 g/mol. The Balaban J connectivity index is 1.57. The van der Waals surface area contributed by atoms with Crippen LogP contribution in [0.2, 0.25) is 0 Å². The second-order valence-corrected chi connectivity index (χ2v) is 6.81. The van der Waals surface area contributed by atoms with Crippen LogP contribution in [0.4, 0.5) is 15.9 Å². The van der Waals surface area contributed by atoms with Gasteiger partial charge in [-0.25, -0.2) is 4.39 Å². The van der Waals surface area contributed by atoms with Crippen molar-refractivity contribution in [2.75, 3.05) is 49.6 Å². The topological polar surface area (TPSA) is 52.6 Å². The minimum Gasteiger partial charge on any atom is -0.368 e. The Morgan fingerprint density at radius 2 is 1.70 bits per heavy atom. The highest BCUT2D eigenvalue weighted by molar-refractivity contribution is 5.92. The molecule has 0 saturated carbocycles. The fraction of sp³-hybridized carbons (Fsp3) is 0.450. The number of rotatable bonds is 6. The van der Waals surface area contributed by atoms with Crippen LogP contribution in [-0.2, 0) is 0 Å². The Hall–Kier alpha value is -2.70. The molecule has 0 bridgehead atoms. The van der Waals surface area contributed by atoms with E-state index in [9.17, 15) is 9.18 Å². The fourth-order valence-corrected chi connectivity index (χ4v) is 3.15. The molecule has 1 saturated heterocycles. The highest BCUT2D eigenvalue weighted by Crippen LogP contribution is 2.19. The van der Waals surface area contributed by atoms with Gasteiger partial charge in [-0.05, 0) is 42.8 Å². The van der Waals surface area contributed by atoms with Crippen LogP contribution in [0, 0.1) is 5.82 Å². The summed E-state index contributed by atoms with van der Waals surface area (Å²) in [6.45, 7) is 6.08. The van der Waals surface area contributed by atoms with Crippen LogP contribution in [0.3, 0.4) is 0 Å². The molecule has 0 N–H and O–H groups in total. The summed E-state index contributed by atoms with van der Waals surface area (Å²) in [6.07, 6.45) is 2.03. The van der Waals surface area contributed by atoms with Crippen LogP contribution in [0.25, 0.3) is 0 Å². The summed E-state index contributed by atoms with van der Waals surface area (Å²) < 4.78 is 13.1. The van der Waals surface area contributed by atoms with Crippen LogP contribution < -0.4 is 9.80 Å². The third-order valence-electron chi connectivity index (χ3n) is 4.86. The zero-order valence-electron chi connectivity index (χ0n) is 15.9. The maximum absolute atomic E-state index is 13.1. The van der Waals surface area contributed by atoms with Crippen molar-refractivity contribution >= 4 is 17.4 Å². The van der Waals surface area contributed by atoms with Crippen LogP contribution in [0.1, 0.15) is 30.3 Å². The number of amides is 1. The van der Waals surface area contributed by atoms with Crippen molar-refractivity contribution in [3.63, 3.8) is 0 Å². The fourth-order valence-electron chi connectivity index (χ4n) is 3.15. The molecule has 144 valence electrons. The molecule has 0 spiro atoms. The smallest absolute Gasteiger partial charge is 0.274 e. The molecule has 6 nitrogen and oxygen atoms in total. The summed E-state index contributed by atoms with van der Waals surface area (Å²) in [4.78, 5) is 18.4. The first-order valence-corrected chi connectivity index (χ1v) is 9.43. The molecule has 27 heavy (non-hydrogen) atoms. The van der Waals surface area contributed by atoms with Gasteiger partial charge in [-0.15, -0.1) is 10.2 Å². The first kappa shape index (κ1) is 19.1. The van der Waals surface area contributed by atoms with Crippen LogP contribution >= 0.6 is 0 Å². The first-order chi connectivity index (χ1) is 13.1. The number of hydrogen-bond acceptors (Lipinski definition) is 5. The van der Waals surface area contributed by atoms with Crippen molar-refractivity contribution in [2.45, 2.75) is 19.8 Å². The molecule has 1 amide bonds. The molecule has 2 heterocycles. The van der Waals surface area contributed by atoms with Gasteiger partial charge in [-0.1, -0.05) is 13.3 Å². The first-order valence-electron chi connectivity index (χ1n) is 9.43. The van der Waals surface area contributed by atoms with Gasteiger partial charge in [-0.2, -0.15) is 0 Å². The summed E-state index contributed by atoms with van der Waals surface area (Å²) in [7, 11) is 1.79. The summed E-state index contributed by atoms with van der Waals surface area (Å²) >= 11 is 0. The second kappa shape index (κ2) is 8.79. The summed E-state index contributed by atoms with van der Waals surface area (Å²) in [6, 6.07) is 10.2. The zero-order valence-corrected chi connectivity index (χ0v) is 15.9. The highest BCUT2D eigenvalue weighted by atomic mass is 19.1. The third kappa shape index (κ3) is 4.72. The largest absolute Gasteiger partial charge is 0.368 e. The minimum absolute atomic E-state index is 0.0939. The Labute approximate surface area is 159 Å². The maximum atomic E-state index is 13.1. The Kier molecular flexibility index (Phi) is 6.21. The molecule has 0 aliphatic carbocycles. The van der Waals surface area contributed by atoms with E-state index in [-0.39, 0.29) is 11.7 Å². The molecule has 1 aliphatic heterocycles. The molecule has 1 aromatic carbocycles. The van der Waals surface area contributed by atoms with Gasteiger partial charge >= 0.3 is 0 Å². The Bertz CT molecular complexity index is 742. The molecule has 0 atom stereocenters. The number of carbonyl (C=O) groups excluding carboxylic acids is 1. The van der Waals surface area contributed by atoms with Gasteiger partial charge in [0.2, 0.25) is 0 Å². The van der Waals surface area contributed by atoms with E-state index in [0.717, 1.165) is 57.1 Å². The van der Waals surface area contributed by atoms with E-state index < -0.39 is 0 Å². The number of nitrogens with zero attached hydrogens (tertiary/aromatic N) is 5. The predicted molar refractivity (Wildman–Crippen MR) is 105 cm³/mol. The third-order valence-corrected chi connectivity index (χ3v) is 4.86. The van der Waals surface area contributed by atoms with Crippen LogP contribution in [0.5, 0.6) is 0 Å². The summed E-state index contributed by atoms with van der Waals surface area (Å²) in [5.74, 6) is 0.466. The van der Waals surface area contributed by atoms with Crippen LogP contribution in [0.15, 0.2) is 36.4 Å². The van der Waals surface area contributed by atoms with Crippen molar-refractivity contribution in [3.8, 4) is 0 Å². The second-order valence-electron chi connectivity index (χ2n) is 6.81. The lowest BCUT2D eigenvalue weighted by molar-refractivity contribution is 0.0786. The molecule has 0 radical (unpaired) electrons. The van der Waals surface area contributed by atoms with Crippen molar-refractivity contribution in [1.82, 2.24) is 15.1 Å². The van der Waals surface area contributed by atoms with Crippen LogP contribution in [-0.4, -0.2) is 60.8 Å². The maximum Gasteiger partial charge on any atom is 0.274 e. The molecular weight excluding hydrogens is 345 g/mol. The molecule has 0 unspecified atom stereocenters. The average Bonchev–Trinajstić information content (AvgIpc) is 2.72. The quantitative estimate of drug-likeness (QED) is 0.782. The van der Waals surface area contributed by atoms with Gasteiger partial charge in [0.15, 0.2) is 11.5 Å². The van der Waals surface area contributed by atoms with E-state index in [2.05, 4.69) is 26.9 Å². The standard InChI is InChI=1S/C20H26FN5O/c1-3-4-11-24(2)20(27)18-9-10-19(23-22-18)26-14-12-25(13-15-26)17-7-5-16(21)6-8-17/h5-10H,3-4,11-15H2,1-2H3. The predicted octanol–water partition coefficient (Wildman–Crippen LogP) is 2.81. The Morgan fingerprint density at radius 3 is 2.30 bits per heavy atom. The number of anilines is 2. The molecule has 3 rings (SSSR count). The number of unbranched alkanes of at least 4 members (excludes halogenated alkanes) is 1. The van der Waals surface area contributed by atoms with Gasteiger partial charge in [0.25, 0.3) is 5.91 Å². The number of benzene rings is 1. The number of piperazine rings is 1. The van der Waals surface area contributed by atoms with Crippen molar-refractivity contribution < 1.29 is 9.18 Å². The number of halogens is 1. The summed E-state index contributed by atoms with van der Waals surface area (Å²) in [5, 5.41) is 8.39. The SMILES string of the molecule is CCCCN(C)C(=O)c1ccc(N2CCN(c3ccc(F)cc3)CC2)nn1. The van der Waals surface area contributed by atoms with E-state index in [1.807, 2.05) is 6.07 Å². The monoisotopic (exact) mass is 371 g/mol. The van der Waals surface area contributed by atoms with E-state index in [4.69, 9.17) is 0 Å². The molecule has 1 aromatic heterocycles. The van der Waals surface area contributed by atoms with Gasteiger partial charge in [0, 0.05) is 45.5 Å². The number of aromatic nitrogens is 2. The van der Waals surface area contributed by atoms with Gasteiger partial charge in [-0.3, -0.25) is 4.79 Å². The zero-order chi connectivity index (χ0) is 19.2. The Morgan fingerprint density at radius 1 is 1.04 bits per heavy atom. The van der Waals surface area contributed by atoms with Gasteiger partial charge in [0.05, 0.1) is 0 Å². The lowest BCUT2D eigenvalue weighted by Crippen LogP contribution is -2.47.